The highest BCUT2D eigenvalue weighted by Crippen LogP contribution is 2.38. The molecule has 0 aromatic carbocycles. The maximum atomic E-state index is 12.8. The minimum atomic E-state index is -4.59. The normalized spacial score (nSPS) is 14.5. The van der Waals surface area contributed by atoms with Gasteiger partial charge in [-0.15, -0.1) is 0 Å². The van der Waals surface area contributed by atoms with Crippen molar-refractivity contribution in [3.05, 3.63) is 24.3 Å². The zero-order valence-corrected chi connectivity index (χ0v) is 38.5. The number of rotatable bonds is 43. The van der Waals surface area contributed by atoms with Crippen LogP contribution in [0.15, 0.2) is 24.3 Å². The van der Waals surface area contributed by atoms with Gasteiger partial charge in [0.25, 0.3) is 7.82 Å². The van der Waals surface area contributed by atoms with Crippen LogP contribution in [0, 0.1) is 0 Å². The molecule has 0 spiro atoms. The molecule has 0 bridgehead atoms. The second kappa shape index (κ2) is 39.4. The van der Waals surface area contributed by atoms with Gasteiger partial charge in [-0.3, -0.25) is 9.36 Å². The third kappa shape index (κ3) is 41.2. The van der Waals surface area contributed by atoms with Gasteiger partial charge < -0.3 is 28.8 Å². The van der Waals surface area contributed by atoms with E-state index in [4.69, 9.17) is 9.05 Å². The molecular weight excluding hydrogens is 719 g/mol. The van der Waals surface area contributed by atoms with E-state index in [9.17, 15) is 19.4 Å². The minimum Gasteiger partial charge on any atom is -0.756 e. The van der Waals surface area contributed by atoms with E-state index in [1.807, 2.05) is 27.2 Å². The highest BCUT2D eigenvalue weighted by atomic mass is 31.2. The van der Waals surface area contributed by atoms with Crippen molar-refractivity contribution in [3.63, 3.8) is 0 Å². The third-order valence-corrected chi connectivity index (χ3v) is 11.6. The van der Waals surface area contributed by atoms with Crippen LogP contribution >= 0.6 is 7.82 Å². The summed E-state index contributed by atoms with van der Waals surface area (Å²) < 4.78 is 23.2. The average Bonchev–Trinajstić information content (AvgIpc) is 3.15. The first-order valence-corrected chi connectivity index (χ1v) is 25.2. The summed E-state index contributed by atoms with van der Waals surface area (Å²) in [6, 6.07) is -0.898. The molecule has 8 nitrogen and oxygen atoms in total. The Kier molecular flexibility index (Phi) is 38.7. The van der Waals surface area contributed by atoms with E-state index in [0.717, 1.165) is 38.5 Å². The molecule has 0 saturated carbocycles. The number of unbranched alkanes of at least 4 members (excludes halogenated alkanes) is 28. The number of nitrogens with zero attached hydrogens (tertiary/aromatic N) is 1. The van der Waals surface area contributed by atoms with Crippen molar-refractivity contribution in [2.45, 2.75) is 231 Å². The van der Waals surface area contributed by atoms with Crippen LogP contribution in [-0.2, 0) is 18.4 Å². The molecule has 0 rings (SSSR count). The van der Waals surface area contributed by atoms with Crippen LogP contribution in [0.3, 0.4) is 0 Å². The summed E-state index contributed by atoms with van der Waals surface area (Å²) in [4.78, 5) is 25.3. The minimum absolute atomic E-state index is 0.00416. The van der Waals surface area contributed by atoms with Crippen molar-refractivity contribution in [2.75, 3.05) is 40.9 Å². The number of hydrogen-bond acceptors (Lipinski definition) is 6. The quantitative estimate of drug-likeness (QED) is 0.0275. The fourth-order valence-corrected chi connectivity index (χ4v) is 7.60. The molecule has 0 fully saturated rings. The van der Waals surface area contributed by atoms with Crippen molar-refractivity contribution >= 4 is 13.7 Å². The molecule has 0 heterocycles. The van der Waals surface area contributed by atoms with Gasteiger partial charge in [0.15, 0.2) is 0 Å². The molecule has 0 aliphatic heterocycles. The predicted octanol–water partition coefficient (Wildman–Crippen LogP) is 12.7. The van der Waals surface area contributed by atoms with Gasteiger partial charge in [-0.2, -0.15) is 0 Å². The molecule has 0 aliphatic rings. The number of phosphoric acid groups is 1. The molecular formula is C47H93N2O6P. The number of hydrogen-bond donors (Lipinski definition) is 2. The van der Waals surface area contributed by atoms with Gasteiger partial charge in [-0.1, -0.05) is 205 Å². The van der Waals surface area contributed by atoms with Crippen LogP contribution in [0.25, 0.3) is 0 Å². The fraction of sp³-hybridized carbons (Fsp3) is 0.894. The molecule has 0 saturated heterocycles. The number of carbonyl (C=O) groups is 1. The molecule has 1 amide bonds. The van der Waals surface area contributed by atoms with Crippen molar-refractivity contribution < 1.29 is 32.9 Å². The molecule has 332 valence electrons. The van der Waals surface area contributed by atoms with Crippen LogP contribution in [0.1, 0.15) is 219 Å². The van der Waals surface area contributed by atoms with Crippen LogP contribution in [0.5, 0.6) is 0 Å². The summed E-state index contributed by atoms with van der Waals surface area (Å²) in [6.45, 7) is 4.64. The summed E-state index contributed by atoms with van der Waals surface area (Å²) in [5.74, 6) is -0.205. The van der Waals surface area contributed by atoms with Crippen LogP contribution in [0.2, 0.25) is 0 Å². The van der Waals surface area contributed by atoms with E-state index in [0.29, 0.717) is 17.4 Å². The Bertz CT molecular complexity index is 969. The molecule has 0 aromatic heterocycles. The highest BCUT2D eigenvalue weighted by molar-refractivity contribution is 7.45. The smallest absolute Gasteiger partial charge is 0.268 e. The zero-order chi connectivity index (χ0) is 41.4. The summed E-state index contributed by atoms with van der Waals surface area (Å²) in [5, 5.41) is 13.8. The monoisotopic (exact) mass is 813 g/mol. The number of nitrogens with one attached hydrogen (secondary N) is 1. The predicted molar refractivity (Wildman–Crippen MR) is 238 cm³/mol. The van der Waals surface area contributed by atoms with E-state index in [2.05, 4.69) is 31.3 Å². The Morgan fingerprint density at radius 3 is 1.45 bits per heavy atom. The number of carbonyl (C=O) groups excluding carboxylic acids is 1. The Balaban J connectivity index is 4.40. The van der Waals surface area contributed by atoms with Gasteiger partial charge in [-0.25, -0.2) is 0 Å². The Labute approximate surface area is 347 Å². The molecule has 56 heavy (non-hydrogen) atoms. The Morgan fingerprint density at radius 2 is 1.00 bits per heavy atom. The molecule has 3 unspecified atom stereocenters. The van der Waals surface area contributed by atoms with Crippen LogP contribution in [-0.4, -0.2) is 68.5 Å². The van der Waals surface area contributed by atoms with Crippen molar-refractivity contribution in [1.82, 2.24) is 5.32 Å². The topological polar surface area (TPSA) is 108 Å². The Hall–Kier alpha value is -1.02. The SMILES string of the molecule is CCCCCCCCCCCCCCCC/C=C/CC/C=C/C(O)C(COP(=O)([O-])OCC[N+](C)(C)C)NC(=O)CCCCCCCCCCCCCCCC. The summed E-state index contributed by atoms with van der Waals surface area (Å²) in [6.07, 6.45) is 46.6. The summed E-state index contributed by atoms with van der Waals surface area (Å²) >= 11 is 0. The first-order valence-electron chi connectivity index (χ1n) is 23.7. The average molecular weight is 813 g/mol. The molecule has 3 atom stereocenters. The second-order valence-corrected chi connectivity index (χ2v) is 18.9. The van der Waals surface area contributed by atoms with Gasteiger partial charge in [0.2, 0.25) is 5.91 Å². The summed E-state index contributed by atoms with van der Waals surface area (Å²) in [7, 11) is 1.25. The second-order valence-electron chi connectivity index (χ2n) is 17.5. The number of amides is 1. The molecule has 9 heteroatoms. The molecule has 0 aromatic rings. The first-order chi connectivity index (χ1) is 27.0. The molecule has 0 radical (unpaired) electrons. The van der Waals surface area contributed by atoms with Gasteiger partial charge in [0.1, 0.15) is 13.2 Å². The fourth-order valence-electron chi connectivity index (χ4n) is 6.87. The highest BCUT2D eigenvalue weighted by Gasteiger charge is 2.23. The first kappa shape index (κ1) is 55.0. The van der Waals surface area contributed by atoms with Gasteiger partial charge in [-0.05, 0) is 32.1 Å². The molecule has 2 N–H and O–H groups in total. The number of allylic oxidation sites excluding steroid dienone is 3. The lowest BCUT2D eigenvalue weighted by atomic mass is 10.0. The van der Waals surface area contributed by atoms with Gasteiger partial charge >= 0.3 is 0 Å². The van der Waals surface area contributed by atoms with Crippen molar-refractivity contribution in [2.24, 2.45) is 0 Å². The van der Waals surface area contributed by atoms with E-state index in [-0.39, 0.29) is 19.1 Å². The van der Waals surface area contributed by atoms with Crippen molar-refractivity contribution in [1.29, 1.82) is 0 Å². The molecule has 0 aliphatic carbocycles. The number of likely N-dealkylation sites (N-methyl/N-ethyl adjacent to an activating group) is 1. The number of aliphatic hydroxyl groups excluding tert-OH is 1. The maximum Gasteiger partial charge on any atom is 0.268 e. The third-order valence-electron chi connectivity index (χ3n) is 10.7. The largest absolute Gasteiger partial charge is 0.756 e. The number of quaternary nitrogens is 1. The maximum absolute atomic E-state index is 12.8. The lowest BCUT2D eigenvalue weighted by Gasteiger charge is -2.29. The Morgan fingerprint density at radius 1 is 0.607 bits per heavy atom. The van der Waals surface area contributed by atoms with Gasteiger partial charge in [0.05, 0.1) is 39.9 Å². The standard InChI is InChI=1S/C47H93N2O6P/c1-6-8-10-12-14-16-18-20-22-23-24-25-26-27-28-30-32-34-36-38-40-46(50)45(44-55-56(52,53)54-43-42-49(3,4)5)48-47(51)41-39-37-35-33-31-29-21-19-17-15-13-11-9-7-2/h30,32,38,40,45-46,50H,6-29,31,33-37,39,41-44H2,1-5H3,(H-,48,51,52,53)/b32-30+,40-38+. The summed E-state index contributed by atoms with van der Waals surface area (Å²) in [5.41, 5.74) is 0. The van der Waals surface area contributed by atoms with E-state index in [1.165, 1.54) is 161 Å². The van der Waals surface area contributed by atoms with E-state index < -0.39 is 20.0 Å². The number of aliphatic hydroxyl groups is 1. The van der Waals surface area contributed by atoms with Crippen LogP contribution < -0.4 is 10.2 Å². The van der Waals surface area contributed by atoms with E-state index in [1.54, 1.807) is 6.08 Å². The number of phosphoric ester groups is 1. The van der Waals surface area contributed by atoms with E-state index >= 15 is 0 Å². The van der Waals surface area contributed by atoms with Crippen LogP contribution in [0.4, 0.5) is 0 Å². The lowest BCUT2D eigenvalue weighted by Crippen LogP contribution is -2.45. The van der Waals surface area contributed by atoms with Gasteiger partial charge in [0, 0.05) is 6.42 Å². The lowest BCUT2D eigenvalue weighted by molar-refractivity contribution is -0.870. The van der Waals surface area contributed by atoms with Crippen molar-refractivity contribution in [3.8, 4) is 0 Å². The zero-order valence-electron chi connectivity index (χ0n) is 37.6.